The number of rotatable bonds is 5. The van der Waals surface area contributed by atoms with E-state index < -0.39 is 0 Å². The van der Waals surface area contributed by atoms with E-state index in [1.165, 1.54) is 12.8 Å². The smallest absolute Gasteiger partial charge is 0.229 e. The summed E-state index contributed by atoms with van der Waals surface area (Å²) < 4.78 is 13.1. The molecule has 0 bridgehead atoms. The van der Waals surface area contributed by atoms with Gasteiger partial charge in [0.1, 0.15) is 11.6 Å². The van der Waals surface area contributed by atoms with Gasteiger partial charge in [0, 0.05) is 19.0 Å². The van der Waals surface area contributed by atoms with Gasteiger partial charge in [-0.3, -0.25) is 4.90 Å². The van der Waals surface area contributed by atoms with Crippen molar-refractivity contribution in [3.8, 4) is 0 Å². The summed E-state index contributed by atoms with van der Waals surface area (Å²) in [6.07, 6.45) is 2.47. The van der Waals surface area contributed by atoms with Crippen LogP contribution in [0.25, 0.3) is 0 Å². The van der Waals surface area contributed by atoms with Crippen molar-refractivity contribution in [3.05, 3.63) is 23.4 Å². The molecule has 0 unspecified atom stereocenters. The van der Waals surface area contributed by atoms with E-state index >= 15 is 0 Å². The van der Waals surface area contributed by atoms with Crippen molar-refractivity contribution in [2.75, 3.05) is 19.7 Å². The summed E-state index contributed by atoms with van der Waals surface area (Å²) in [6, 6.07) is 0. The maximum absolute atomic E-state index is 5.87. The summed E-state index contributed by atoms with van der Waals surface area (Å²) in [5.74, 6) is 3.82. The van der Waals surface area contributed by atoms with Gasteiger partial charge in [-0.1, -0.05) is 5.16 Å². The van der Waals surface area contributed by atoms with E-state index in [2.05, 4.69) is 25.1 Å². The third kappa shape index (κ3) is 3.42. The van der Waals surface area contributed by atoms with Crippen molar-refractivity contribution in [2.45, 2.75) is 51.8 Å². The maximum Gasteiger partial charge on any atom is 0.229 e. The highest BCUT2D eigenvalue weighted by Gasteiger charge is 2.30. The Kier molecular flexibility index (Phi) is 3.86. The van der Waals surface area contributed by atoms with E-state index in [1.54, 1.807) is 0 Å². The maximum atomic E-state index is 5.87. The Morgan fingerprint density at radius 1 is 1.22 bits per heavy atom. The normalized spacial score (nSPS) is 22.6. The minimum atomic E-state index is 0.110. The molecule has 0 radical (unpaired) electrons. The van der Waals surface area contributed by atoms with E-state index in [9.17, 15) is 0 Å². The van der Waals surface area contributed by atoms with Gasteiger partial charge in [0.2, 0.25) is 5.89 Å². The zero-order valence-electron chi connectivity index (χ0n) is 13.6. The van der Waals surface area contributed by atoms with Gasteiger partial charge in [-0.25, -0.2) is 9.67 Å². The predicted molar refractivity (Wildman–Crippen MR) is 80.8 cm³/mol. The molecule has 0 N–H and O–H groups in total. The summed E-state index contributed by atoms with van der Waals surface area (Å²) >= 11 is 0. The number of hydrogen-bond donors (Lipinski definition) is 0. The van der Waals surface area contributed by atoms with Gasteiger partial charge in [0.15, 0.2) is 5.82 Å². The second-order valence-electron chi connectivity index (χ2n) is 6.44. The van der Waals surface area contributed by atoms with E-state index in [1.807, 2.05) is 18.5 Å². The molecule has 1 aliphatic heterocycles. The van der Waals surface area contributed by atoms with Crippen molar-refractivity contribution < 1.29 is 9.26 Å². The average Bonchev–Trinajstić information content (AvgIpc) is 3.19. The van der Waals surface area contributed by atoms with Crippen molar-refractivity contribution in [1.82, 2.24) is 29.8 Å². The Labute approximate surface area is 134 Å². The van der Waals surface area contributed by atoms with Crippen molar-refractivity contribution in [1.29, 1.82) is 0 Å². The van der Waals surface area contributed by atoms with Crippen LogP contribution in [0.2, 0.25) is 0 Å². The molecule has 0 aromatic carbocycles. The van der Waals surface area contributed by atoms with Gasteiger partial charge in [0.25, 0.3) is 0 Å². The van der Waals surface area contributed by atoms with Crippen LogP contribution in [0.4, 0.5) is 0 Å². The zero-order valence-corrected chi connectivity index (χ0v) is 13.6. The molecule has 1 saturated heterocycles. The molecule has 2 aromatic heterocycles. The summed E-state index contributed by atoms with van der Waals surface area (Å²) in [4.78, 5) is 11.2. The molecule has 0 amide bonds. The number of hydrogen-bond acceptors (Lipinski definition) is 7. The Hall–Kier alpha value is -1.80. The number of aryl methyl sites for hydroxylation is 2. The molecule has 1 atom stereocenters. The van der Waals surface area contributed by atoms with Crippen molar-refractivity contribution in [2.24, 2.45) is 0 Å². The summed E-state index contributed by atoms with van der Waals surface area (Å²) in [7, 11) is 0. The van der Waals surface area contributed by atoms with Crippen LogP contribution in [0, 0.1) is 13.8 Å². The Balaban J connectivity index is 1.35. The highest BCUT2D eigenvalue weighted by Crippen LogP contribution is 2.38. The molecular weight excluding hydrogens is 296 g/mol. The monoisotopic (exact) mass is 318 g/mol. The minimum absolute atomic E-state index is 0.110. The van der Waals surface area contributed by atoms with Crippen LogP contribution >= 0.6 is 0 Å². The first-order valence-electron chi connectivity index (χ1n) is 8.22. The molecule has 3 heterocycles. The first-order chi connectivity index (χ1) is 11.2. The van der Waals surface area contributed by atoms with Crippen LogP contribution in [-0.2, 0) is 17.8 Å². The molecule has 8 heteroatoms. The second-order valence-corrected chi connectivity index (χ2v) is 6.44. The molecule has 4 rings (SSSR count). The van der Waals surface area contributed by atoms with Gasteiger partial charge < -0.3 is 9.26 Å². The third-order valence-corrected chi connectivity index (χ3v) is 4.34. The largest absolute Gasteiger partial charge is 0.374 e. The van der Waals surface area contributed by atoms with Gasteiger partial charge in [-0.15, -0.1) is 0 Å². The van der Waals surface area contributed by atoms with E-state index in [4.69, 9.17) is 9.26 Å². The third-order valence-electron chi connectivity index (χ3n) is 4.34. The van der Waals surface area contributed by atoms with Crippen LogP contribution in [0.1, 0.15) is 42.1 Å². The van der Waals surface area contributed by atoms with Gasteiger partial charge in [0.05, 0.1) is 25.8 Å². The van der Waals surface area contributed by atoms with Crippen molar-refractivity contribution in [3.63, 3.8) is 0 Å². The number of ether oxygens (including phenoxy) is 1. The SMILES string of the molecule is Cc1nc(C)n(C[C@H]2CN(Cc3noc(C4CC4)n3)CCO2)n1. The Bertz CT molecular complexity index is 677. The van der Waals surface area contributed by atoms with Crippen LogP contribution < -0.4 is 0 Å². The Morgan fingerprint density at radius 3 is 2.83 bits per heavy atom. The molecule has 8 nitrogen and oxygen atoms in total. The summed E-state index contributed by atoms with van der Waals surface area (Å²) in [5, 5.41) is 8.51. The van der Waals surface area contributed by atoms with Crippen LogP contribution in [0.5, 0.6) is 0 Å². The Morgan fingerprint density at radius 2 is 2.09 bits per heavy atom. The fourth-order valence-electron chi connectivity index (χ4n) is 2.99. The first-order valence-corrected chi connectivity index (χ1v) is 8.22. The quantitative estimate of drug-likeness (QED) is 0.815. The fourth-order valence-corrected chi connectivity index (χ4v) is 2.99. The molecule has 2 aromatic rings. The lowest BCUT2D eigenvalue weighted by molar-refractivity contribution is -0.0413. The van der Waals surface area contributed by atoms with Crippen molar-refractivity contribution >= 4 is 0 Å². The first kappa shape index (κ1) is 14.8. The van der Waals surface area contributed by atoms with Crippen LogP contribution in [-0.4, -0.2) is 55.6 Å². The molecule has 124 valence electrons. The molecule has 1 aliphatic carbocycles. The molecule has 2 fully saturated rings. The van der Waals surface area contributed by atoms with E-state index in [-0.39, 0.29) is 6.10 Å². The number of morpholine rings is 1. The molecule has 0 spiro atoms. The minimum Gasteiger partial charge on any atom is -0.374 e. The number of aromatic nitrogens is 5. The summed E-state index contributed by atoms with van der Waals surface area (Å²) in [5.41, 5.74) is 0. The second kappa shape index (κ2) is 6.01. The highest BCUT2D eigenvalue weighted by atomic mass is 16.5. The average molecular weight is 318 g/mol. The van der Waals surface area contributed by atoms with Crippen LogP contribution in [0.15, 0.2) is 4.52 Å². The summed E-state index contributed by atoms with van der Waals surface area (Å²) in [6.45, 7) is 7.76. The molecule has 2 aliphatic rings. The zero-order chi connectivity index (χ0) is 15.8. The van der Waals surface area contributed by atoms with E-state index in [0.29, 0.717) is 19.1 Å². The molecule has 23 heavy (non-hydrogen) atoms. The lowest BCUT2D eigenvalue weighted by atomic mass is 10.2. The standard InChI is InChI=1S/C15H22N6O2/c1-10-16-11(2)21(18-10)8-13-7-20(5-6-22-13)9-14-17-15(23-19-14)12-3-4-12/h12-13H,3-9H2,1-2H3/t13-/m1/s1. The highest BCUT2D eigenvalue weighted by molar-refractivity contribution is 5.01. The van der Waals surface area contributed by atoms with Gasteiger partial charge >= 0.3 is 0 Å². The van der Waals surface area contributed by atoms with Gasteiger partial charge in [-0.05, 0) is 26.7 Å². The van der Waals surface area contributed by atoms with E-state index in [0.717, 1.165) is 43.0 Å². The molecule has 1 saturated carbocycles. The van der Waals surface area contributed by atoms with Crippen LogP contribution in [0.3, 0.4) is 0 Å². The topological polar surface area (TPSA) is 82.1 Å². The lowest BCUT2D eigenvalue weighted by Crippen LogP contribution is -2.44. The lowest BCUT2D eigenvalue weighted by Gasteiger charge is -2.32. The van der Waals surface area contributed by atoms with Gasteiger partial charge in [-0.2, -0.15) is 10.1 Å². The fraction of sp³-hybridized carbons (Fsp3) is 0.733. The number of nitrogens with zero attached hydrogens (tertiary/aromatic N) is 6. The molecular formula is C15H22N6O2. The predicted octanol–water partition coefficient (Wildman–Crippen LogP) is 1.06.